The van der Waals surface area contributed by atoms with Gasteiger partial charge < -0.3 is 25.7 Å². The zero-order valence-corrected chi connectivity index (χ0v) is 11.0. The fourth-order valence-corrected chi connectivity index (χ4v) is 1.54. The Morgan fingerprint density at radius 3 is 2.06 bits per heavy atom. The molecule has 0 aromatic heterocycles. The van der Waals surface area contributed by atoms with Crippen LogP contribution in [0.25, 0.3) is 0 Å². The highest BCUT2D eigenvalue weighted by Crippen LogP contribution is 2.41. The Bertz CT molecular complexity index is 361. The second-order valence-corrected chi connectivity index (χ2v) is 3.27. The van der Waals surface area contributed by atoms with Crippen LogP contribution in [-0.2, 0) is 0 Å². The van der Waals surface area contributed by atoms with E-state index in [9.17, 15) is 0 Å². The second kappa shape index (κ2) is 7.21. The maximum Gasteiger partial charge on any atom is 0.203 e. The Balaban J connectivity index is 0.00000256. The molecule has 0 aliphatic carbocycles. The summed E-state index contributed by atoms with van der Waals surface area (Å²) in [6.07, 6.45) is 0. The predicted octanol–water partition coefficient (Wildman–Crippen LogP) is 1.09. The van der Waals surface area contributed by atoms with Crippen LogP contribution in [0.5, 0.6) is 17.2 Å². The normalized spacial score (nSPS) is 11.4. The van der Waals surface area contributed by atoms with Gasteiger partial charge in [0.15, 0.2) is 11.5 Å². The van der Waals surface area contributed by atoms with E-state index in [4.69, 9.17) is 25.7 Å². The third-order valence-electron chi connectivity index (χ3n) is 2.39. The zero-order valence-electron chi connectivity index (χ0n) is 10.2. The lowest BCUT2D eigenvalue weighted by Crippen LogP contribution is -2.21. The van der Waals surface area contributed by atoms with Crippen LogP contribution < -0.4 is 25.7 Å². The highest BCUT2D eigenvalue weighted by Gasteiger charge is 2.18. The SMILES string of the molecule is COc1ccc([C@@H](N)CN)c(OC)c1OC.Cl. The first-order valence-electron chi connectivity index (χ1n) is 4.94. The molecule has 98 valence electrons. The van der Waals surface area contributed by atoms with Gasteiger partial charge in [-0.1, -0.05) is 0 Å². The van der Waals surface area contributed by atoms with Crippen LogP contribution in [0.15, 0.2) is 12.1 Å². The molecule has 1 aromatic carbocycles. The minimum atomic E-state index is -0.283. The van der Waals surface area contributed by atoms with Crippen molar-refractivity contribution in [3.05, 3.63) is 17.7 Å². The molecule has 0 radical (unpaired) electrons. The number of ether oxygens (including phenoxy) is 3. The summed E-state index contributed by atoms with van der Waals surface area (Å²) in [5.74, 6) is 1.71. The summed E-state index contributed by atoms with van der Waals surface area (Å²) in [5.41, 5.74) is 12.2. The van der Waals surface area contributed by atoms with Crippen molar-refractivity contribution in [2.75, 3.05) is 27.9 Å². The smallest absolute Gasteiger partial charge is 0.203 e. The average Bonchev–Trinajstić information content (AvgIpc) is 2.35. The zero-order chi connectivity index (χ0) is 12.1. The molecular formula is C11H19ClN2O3. The van der Waals surface area contributed by atoms with Gasteiger partial charge in [-0.15, -0.1) is 12.4 Å². The molecule has 0 saturated carbocycles. The van der Waals surface area contributed by atoms with Gasteiger partial charge in [0.25, 0.3) is 0 Å². The molecule has 5 nitrogen and oxygen atoms in total. The molecule has 17 heavy (non-hydrogen) atoms. The summed E-state index contributed by atoms with van der Waals surface area (Å²) >= 11 is 0. The summed E-state index contributed by atoms with van der Waals surface area (Å²) in [6.45, 7) is 0.339. The van der Waals surface area contributed by atoms with Gasteiger partial charge in [0.05, 0.1) is 21.3 Å². The molecule has 0 bridgehead atoms. The van der Waals surface area contributed by atoms with Crippen molar-refractivity contribution in [3.63, 3.8) is 0 Å². The Morgan fingerprint density at radius 1 is 1.06 bits per heavy atom. The summed E-state index contributed by atoms with van der Waals surface area (Å²) in [6, 6.07) is 3.33. The van der Waals surface area contributed by atoms with E-state index in [0.717, 1.165) is 5.56 Å². The maximum atomic E-state index is 5.88. The number of hydrogen-bond donors (Lipinski definition) is 2. The van der Waals surface area contributed by atoms with Crippen LogP contribution >= 0.6 is 12.4 Å². The van der Waals surface area contributed by atoms with E-state index in [1.807, 2.05) is 6.07 Å². The van der Waals surface area contributed by atoms with E-state index < -0.39 is 0 Å². The molecule has 0 saturated heterocycles. The van der Waals surface area contributed by atoms with Crippen molar-refractivity contribution in [3.8, 4) is 17.2 Å². The fourth-order valence-electron chi connectivity index (χ4n) is 1.54. The van der Waals surface area contributed by atoms with Gasteiger partial charge >= 0.3 is 0 Å². The highest BCUT2D eigenvalue weighted by molar-refractivity contribution is 5.85. The molecule has 1 rings (SSSR count). The molecular weight excluding hydrogens is 244 g/mol. The Hall–Kier alpha value is -1.17. The van der Waals surface area contributed by atoms with Crippen LogP contribution in [0.2, 0.25) is 0 Å². The lowest BCUT2D eigenvalue weighted by atomic mass is 10.1. The molecule has 0 amide bonds. The molecule has 6 heteroatoms. The van der Waals surface area contributed by atoms with Crippen molar-refractivity contribution in [1.82, 2.24) is 0 Å². The molecule has 0 heterocycles. The molecule has 0 spiro atoms. The van der Waals surface area contributed by atoms with E-state index in [1.165, 1.54) is 0 Å². The lowest BCUT2D eigenvalue weighted by Gasteiger charge is -2.18. The quantitative estimate of drug-likeness (QED) is 0.830. The predicted molar refractivity (Wildman–Crippen MR) is 69.3 cm³/mol. The highest BCUT2D eigenvalue weighted by atomic mass is 35.5. The van der Waals surface area contributed by atoms with Gasteiger partial charge in [0.2, 0.25) is 5.75 Å². The number of nitrogens with two attached hydrogens (primary N) is 2. The first-order chi connectivity index (χ1) is 7.69. The van der Waals surface area contributed by atoms with Gasteiger partial charge in [-0.05, 0) is 12.1 Å². The largest absolute Gasteiger partial charge is 0.493 e. The molecule has 1 aromatic rings. The third kappa shape index (κ3) is 3.15. The topological polar surface area (TPSA) is 79.7 Å². The number of benzene rings is 1. The summed E-state index contributed by atoms with van der Waals surface area (Å²) in [7, 11) is 4.68. The molecule has 1 atom stereocenters. The Morgan fingerprint density at radius 2 is 1.65 bits per heavy atom. The van der Waals surface area contributed by atoms with E-state index >= 15 is 0 Å². The average molecular weight is 263 g/mol. The summed E-state index contributed by atoms with van der Waals surface area (Å²) in [5, 5.41) is 0. The van der Waals surface area contributed by atoms with Crippen molar-refractivity contribution in [2.24, 2.45) is 11.5 Å². The van der Waals surface area contributed by atoms with Crippen molar-refractivity contribution < 1.29 is 14.2 Å². The Labute approximate surface area is 107 Å². The van der Waals surface area contributed by atoms with E-state index in [-0.39, 0.29) is 18.4 Å². The standard InChI is InChI=1S/C11H18N2O3.ClH/c1-14-9-5-4-7(8(13)6-12)10(15-2)11(9)16-3;/h4-5,8H,6,12-13H2,1-3H3;1H/t8-;/m0./s1. The van der Waals surface area contributed by atoms with Crippen molar-refractivity contribution in [1.29, 1.82) is 0 Å². The van der Waals surface area contributed by atoms with E-state index in [2.05, 4.69) is 0 Å². The van der Waals surface area contributed by atoms with Crippen molar-refractivity contribution in [2.45, 2.75) is 6.04 Å². The number of methoxy groups -OCH3 is 3. The van der Waals surface area contributed by atoms with Gasteiger partial charge in [0, 0.05) is 18.2 Å². The summed E-state index contributed by atoms with van der Waals surface area (Å²) < 4.78 is 15.7. The molecule has 0 aliphatic rings. The maximum absolute atomic E-state index is 5.88. The van der Waals surface area contributed by atoms with Crippen LogP contribution in [0.4, 0.5) is 0 Å². The molecule has 0 fully saturated rings. The second-order valence-electron chi connectivity index (χ2n) is 3.27. The Kier molecular flexibility index (Phi) is 6.72. The first kappa shape index (κ1) is 15.8. The summed E-state index contributed by atoms with van der Waals surface area (Å²) in [4.78, 5) is 0. The number of rotatable bonds is 5. The lowest BCUT2D eigenvalue weighted by molar-refractivity contribution is 0.321. The van der Waals surface area contributed by atoms with Crippen LogP contribution in [0, 0.1) is 0 Å². The third-order valence-corrected chi connectivity index (χ3v) is 2.39. The van der Waals surface area contributed by atoms with E-state index in [0.29, 0.717) is 23.8 Å². The minimum Gasteiger partial charge on any atom is -0.493 e. The van der Waals surface area contributed by atoms with Crippen molar-refractivity contribution >= 4 is 12.4 Å². The van der Waals surface area contributed by atoms with E-state index in [1.54, 1.807) is 27.4 Å². The number of hydrogen-bond acceptors (Lipinski definition) is 5. The molecule has 4 N–H and O–H groups in total. The van der Waals surface area contributed by atoms with Gasteiger partial charge in [-0.2, -0.15) is 0 Å². The van der Waals surface area contributed by atoms with Gasteiger partial charge in [-0.3, -0.25) is 0 Å². The van der Waals surface area contributed by atoms with Crippen LogP contribution in [0.1, 0.15) is 11.6 Å². The first-order valence-corrected chi connectivity index (χ1v) is 4.94. The number of halogens is 1. The van der Waals surface area contributed by atoms with Crippen LogP contribution in [0.3, 0.4) is 0 Å². The van der Waals surface area contributed by atoms with Gasteiger partial charge in [0.1, 0.15) is 0 Å². The fraction of sp³-hybridized carbons (Fsp3) is 0.455. The monoisotopic (exact) mass is 262 g/mol. The minimum absolute atomic E-state index is 0. The molecule has 0 aliphatic heterocycles. The van der Waals surface area contributed by atoms with Crippen LogP contribution in [-0.4, -0.2) is 27.9 Å². The molecule has 0 unspecified atom stereocenters. The van der Waals surface area contributed by atoms with Gasteiger partial charge in [-0.25, -0.2) is 0 Å².